The summed E-state index contributed by atoms with van der Waals surface area (Å²) >= 11 is 0. The van der Waals surface area contributed by atoms with Crippen LogP contribution in [0.25, 0.3) is 0 Å². The van der Waals surface area contributed by atoms with Gasteiger partial charge in [0.05, 0.1) is 12.2 Å². The first-order chi connectivity index (χ1) is 11.9. The van der Waals surface area contributed by atoms with E-state index in [0.29, 0.717) is 19.4 Å². The summed E-state index contributed by atoms with van der Waals surface area (Å²) in [4.78, 5) is 39.2. The third kappa shape index (κ3) is 3.95. The summed E-state index contributed by atoms with van der Waals surface area (Å²) in [6.45, 7) is 6.17. The second kappa shape index (κ2) is 7.29. The smallest absolute Gasteiger partial charge is 0.344 e. The molecule has 3 aliphatic rings. The van der Waals surface area contributed by atoms with E-state index in [1.807, 2.05) is 13.8 Å². The first-order valence-corrected chi connectivity index (χ1v) is 9.24. The zero-order chi connectivity index (χ0) is 18.0. The molecule has 1 saturated carbocycles. The van der Waals surface area contributed by atoms with E-state index in [1.165, 1.54) is 0 Å². The standard InChI is InChI=1S/C17H28N4O4/c1-12-10-20(11-13(2)25-12)9-6-14(22)19-21-15(23)17(18-16(21)24)7-4-3-5-8-17/h12-13H,3-11H2,1-2H3,(H,18,24)(H,19,22). The van der Waals surface area contributed by atoms with E-state index in [0.717, 1.165) is 37.4 Å². The average molecular weight is 352 g/mol. The van der Waals surface area contributed by atoms with E-state index in [-0.39, 0.29) is 30.4 Å². The lowest BCUT2D eigenvalue weighted by molar-refractivity contribution is -0.140. The largest absolute Gasteiger partial charge is 0.373 e. The van der Waals surface area contributed by atoms with E-state index in [1.54, 1.807) is 0 Å². The van der Waals surface area contributed by atoms with Crippen LogP contribution in [0.15, 0.2) is 0 Å². The SMILES string of the molecule is CC1CN(CCC(=O)NN2C(=O)NC3(CCCCC3)C2=O)CC(C)O1. The number of hydrogen-bond acceptors (Lipinski definition) is 5. The van der Waals surface area contributed by atoms with Gasteiger partial charge in [0.15, 0.2) is 0 Å². The molecule has 1 spiro atoms. The van der Waals surface area contributed by atoms with Crippen molar-refractivity contribution in [3.8, 4) is 0 Å². The maximum atomic E-state index is 12.6. The molecule has 2 atom stereocenters. The van der Waals surface area contributed by atoms with Gasteiger partial charge in [-0.2, -0.15) is 5.01 Å². The predicted octanol–water partition coefficient (Wildman–Crippen LogP) is 0.772. The average Bonchev–Trinajstić information content (AvgIpc) is 2.77. The lowest BCUT2D eigenvalue weighted by Gasteiger charge is -2.35. The van der Waals surface area contributed by atoms with Crippen molar-refractivity contribution in [3.05, 3.63) is 0 Å². The van der Waals surface area contributed by atoms with Crippen LogP contribution in [0, 0.1) is 0 Å². The summed E-state index contributed by atoms with van der Waals surface area (Å²) in [5.74, 6) is -0.637. The summed E-state index contributed by atoms with van der Waals surface area (Å²) in [5, 5.41) is 3.66. The van der Waals surface area contributed by atoms with Crippen molar-refractivity contribution in [2.45, 2.75) is 70.1 Å². The van der Waals surface area contributed by atoms with Crippen LogP contribution in [-0.4, -0.2) is 65.1 Å². The molecule has 2 N–H and O–H groups in total. The number of hydrazine groups is 1. The Morgan fingerprint density at radius 2 is 1.84 bits per heavy atom. The Hall–Kier alpha value is -1.67. The molecule has 140 valence electrons. The highest BCUT2D eigenvalue weighted by Gasteiger charge is 2.52. The Bertz CT molecular complexity index is 537. The van der Waals surface area contributed by atoms with Gasteiger partial charge in [0, 0.05) is 26.1 Å². The van der Waals surface area contributed by atoms with Crippen molar-refractivity contribution in [1.29, 1.82) is 0 Å². The van der Waals surface area contributed by atoms with Crippen molar-refractivity contribution in [2.75, 3.05) is 19.6 Å². The lowest BCUT2D eigenvalue weighted by Crippen LogP contribution is -2.51. The minimum Gasteiger partial charge on any atom is -0.373 e. The Morgan fingerprint density at radius 1 is 1.20 bits per heavy atom. The highest BCUT2D eigenvalue weighted by molar-refractivity contribution is 6.07. The number of nitrogens with one attached hydrogen (secondary N) is 2. The van der Waals surface area contributed by atoms with Gasteiger partial charge >= 0.3 is 6.03 Å². The monoisotopic (exact) mass is 352 g/mol. The van der Waals surface area contributed by atoms with Gasteiger partial charge in [0.1, 0.15) is 5.54 Å². The molecule has 2 heterocycles. The van der Waals surface area contributed by atoms with Gasteiger partial charge in [-0.25, -0.2) is 4.79 Å². The first kappa shape index (κ1) is 18.1. The van der Waals surface area contributed by atoms with Gasteiger partial charge < -0.3 is 10.1 Å². The fourth-order valence-electron chi connectivity index (χ4n) is 4.12. The van der Waals surface area contributed by atoms with Gasteiger partial charge in [-0.1, -0.05) is 19.3 Å². The number of carbonyl (C=O) groups excluding carboxylic acids is 3. The topological polar surface area (TPSA) is 91.0 Å². The van der Waals surface area contributed by atoms with Crippen molar-refractivity contribution < 1.29 is 19.1 Å². The van der Waals surface area contributed by atoms with Crippen LogP contribution in [-0.2, 0) is 14.3 Å². The summed E-state index contributed by atoms with van der Waals surface area (Å²) in [6, 6.07) is -0.520. The summed E-state index contributed by atoms with van der Waals surface area (Å²) in [7, 11) is 0. The van der Waals surface area contributed by atoms with Gasteiger partial charge in [0.2, 0.25) is 5.91 Å². The fourth-order valence-corrected chi connectivity index (χ4v) is 4.12. The second-order valence-electron chi connectivity index (χ2n) is 7.52. The van der Waals surface area contributed by atoms with Gasteiger partial charge in [0.25, 0.3) is 5.91 Å². The van der Waals surface area contributed by atoms with Crippen LogP contribution >= 0.6 is 0 Å². The number of ether oxygens (including phenoxy) is 1. The third-order valence-electron chi connectivity index (χ3n) is 5.26. The molecule has 3 fully saturated rings. The van der Waals surface area contributed by atoms with Crippen molar-refractivity contribution in [3.63, 3.8) is 0 Å². The van der Waals surface area contributed by atoms with Crippen molar-refractivity contribution in [1.82, 2.24) is 20.7 Å². The molecule has 2 saturated heterocycles. The van der Waals surface area contributed by atoms with Crippen molar-refractivity contribution in [2.24, 2.45) is 0 Å². The van der Waals surface area contributed by atoms with Crippen LogP contribution in [0.5, 0.6) is 0 Å². The zero-order valence-electron chi connectivity index (χ0n) is 15.0. The molecular formula is C17H28N4O4. The molecule has 2 unspecified atom stereocenters. The van der Waals surface area contributed by atoms with Gasteiger partial charge in [-0.15, -0.1) is 0 Å². The van der Waals surface area contributed by atoms with Crippen LogP contribution in [0.4, 0.5) is 4.79 Å². The minimum atomic E-state index is -0.808. The van der Waals surface area contributed by atoms with Crippen LogP contribution in [0.1, 0.15) is 52.4 Å². The summed E-state index contributed by atoms with van der Waals surface area (Å²) in [6.07, 6.45) is 4.73. The van der Waals surface area contributed by atoms with Crippen LogP contribution < -0.4 is 10.7 Å². The molecule has 8 heteroatoms. The quantitative estimate of drug-likeness (QED) is 0.730. The van der Waals surface area contributed by atoms with Crippen molar-refractivity contribution >= 4 is 17.8 Å². The van der Waals surface area contributed by atoms with E-state index in [9.17, 15) is 14.4 Å². The Morgan fingerprint density at radius 3 is 2.48 bits per heavy atom. The van der Waals surface area contributed by atoms with E-state index in [4.69, 9.17) is 4.74 Å². The highest BCUT2D eigenvalue weighted by atomic mass is 16.5. The molecular weight excluding hydrogens is 324 g/mol. The molecule has 3 rings (SSSR count). The number of amides is 4. The normalized spacial score (nSPS) is 29.8. The van der Waals surface area contributed by atoms with Gasteiger partial charge in [-0.05, 0) is 26.7 Å². The first-order valence-electron chi connectivity index (χ1n) is 9.24. The molecule has 0 aromatic carbocycles. The summed E-state index contributed by atoms with van der Waals surface area (Å²) in [5.41, 5.74) is 1.68. The second-order valence-corrected chi connectivity index (χ2v) is 7.52. The number of carbonyl (C=O) groups is 3. The Kier molecular flexibility index (Phi) is 5.29. The number of rotatable bonds is 4. The molecule has 0 aromatic rings. The molecule has 2 aliphatic heterocycles. The number of imide groups is 1. The molecule has 0 bridgehead atoms. The van der Waals surface area contributed by atoms with Crippen LogP contribution in [0.3, 0.4) is 0 Å². The number of urea groups is 1. The molecule has 0 aromatic heterocycles. The molecule has 8 nitrogen and oxygen atoms in total. The Labute approximate surface area is 148 Å². The lowest BCUT2D eigenvalue weighted by atomic mass is 9.82. The molecule has 25 heavy (non-hydrogen) atoms. The van der Waals surface area contributed by atoms with Crippen LogP contribution in [0.2, 0.25) is 0 Å². The Balaban J connectivity index is 1.51. The molecule has 0 radical (unpaired) electrons. The molecule has 4 amide bonds. The van der Waals surface area contributed by atoms with E-state index in [2.05, 4.69) is 15.6 Å². The number of nitrogens with zero attached hydrogens (tertiary/aromatic N) is 2. The maximum absolute atomic E-state index is 12.6. The minimum absolute atomic E-state index is 0.143. The third-order valence-corrected chi connectivity index (χ3v) is 5.26. The zero-order valence-corrected chi connectivity index (χ0v) is 15.0. The predicted molar refractivity (Wildman–Crippen MR) is 90.4 cm³/mol. The maximum Gasteiger partial charge on any atom is 0.344 e. The number of morpholine rings is 1. The fraction of sp³-hybridized carbons (Fsp3) is 0.824. The summed E-state index contributed by atoms with van der Waals surface area (Å²) < 4.78 is 5.67. The van der Waals surface area contributed by atoms with E-state index >= 15 is 0 Å². The van der Waals surface area contributed by atoms with E-state index < -0.39 is 11.6 Å². The highest BCUT2D eigenvalue weighted by Crippen LogP contribution is 2.32. The van der Waals surface area contributed by atoms with Gasteiger partial charge in [-0.3, -0.25) is 19.9 Å². The molecule has 1 aliphatic carbocycles. The number of hydrogen-bond donors (Lipinski definition) is 2.